The molecule has 3 heteroatoms. The van der Waals surface area contributed by atoms with Crippen molar-refractivity contribution in [3.05, 3.63) is 58.9 Å². The molecule has 2 heterocycles. The molecule has 2 aromatic heterocycles. The molecule has 2 nitrogen and oxygen atoms in total. The Hall–Kier alpha value is -1.58. The van der Waals surface area contributed by atoms with E-state index in [1.807, 2.05) is 18.2 Å². The number of fused-ring (bicyclic) bond motifs is 1. The van der Waals surface area contributed by atoms with Crippen LogP contribution in [0, 0.1) is 0 Å². The minimum atomic E-state index is -0.187. The van der Waals surface area contributed by atoms with Gasteiger partial charge in [-0.1, -0.05) is 25.1 Å². The first kappa shape index (κ1) is 11.5. The molecule has 1 atom stereocenters. The lowest BCUT2D eigenvalue weighted by Crippen LogP contribution is -2.10. The largest absolute Gasteiger partial charge is 0.464 e. The molecule has 0 saturated heterocycles. The standard InChI is InChI=1S/C15H15NOS/c1-2-11-6-7-13(17-11)14(16)12-5-3-4-10-8-9-18-15(10)12/h3-9,14H,2,16H2,1H3. The van der Waals surface area contributed by atoms with E-state index in [1.165, 1.54) is 10.1 Å². The number of hydrogen-bond acceptors (Lipinski definition) is 3. The highest BCUT2D eigenvalue weighted by atomic mass is 32.1. The van der Waals surface area contributed by atoms with Crippen LogP contribution < -0.4 is 5.73 Å². The SMILES string of the molecule is CCc1ccc(C(N)c2cccc3ccsc23)o1. The average molecular weight is 257 g/mol. The molecular formula is C15H15NOS. The Morgan fingerprint density at radius 2 is 2.11 bits per heavy atom. The van der Waals surface area contributed by atoms with E-state index in [4.69, 9.17) is 10.2 Å². The molecule has 0 aliphatic heterocycles. The Balaban J connectivity index is 2.05. The number of rotatable bonds is 3. The monoisotopic (exact) mass is 257 g/mol. The van der Waals surface area contributed by atoms with Crippen molar-refractivity contribution in [1.82, 2.24) is 0 Å². The van der Waals surface area contributed by atoms with Gasteiger partial charge in [0.2, 0.25) is 0 Å². The van der Waals surface area contributed by atoms with Gasteiger partial charge in [0.25, 0.3) is 0 Å². The summed E-state index contributed by atoms with van der Waals surface area (Å²) >= 11 is 1.73. The van der Waals surface area contributed by atoms with Crippen molar-refractivity contribution in [2.45, 2.75) is 19.4 Å². The zero-order valence-corrected chi connectivity index (χ0v) is 11.0. The fourth-order valence-corrected chi connectivity index (χ4v) is 3.12. The summed E-state index contributed by atoms with van der Waals surface area (Å²) in [6.07, 6.45) is 0.899. The maximum atomic E-state index is 6.32. The molecule has 3 aromatic rings. The smallest absolute Gasteiger partial charge is 0.125 e. The molecule has 1 aromatic carbocycles. The minimum absolute atomic E-state index is 0.187. The quantitative estimate of drug-likeness (QED) is 0.767. The van der Waals surface area contributed by atoms with Crippen LogP contribution in [0.25, 0.3) is 10.1 Å². The Labute approximate surface area is 110 Å². The number of benzene rings is 1. The molecule has 0 saturated carbocycles. The Morgan fingerprint density at radius 3 is 2.89 bits per heavy atom. The summed E-state index contributed by atoms with van der Waals surface area (Å²) in [6.45, 7) is 2.08. The van der Waals surface area contributed by atoms with Crippen molar-refractivity contribution in [3.8, 4) is 0 Å². The van der Waals surface area contributed by atoms with Gasteiger partial charge >= 0.3 is 0 Å². The van der Waals surface area contributed by atoms with Crippen molar-refractivity contribution in [1.29, 1.82) is 0 Å². The molecule has 0 aliphatic rings. The molecule has 18 heavy (non-hydrogen) atoms. The maximum absolute atomic E-state index is 6.32. The predicted octanol–water partition coefficient (Wildman–Crippen LogP) is 4.10. The van der Waals surface area contributed by atoms with Gasteiger partial charge in [0.15, 0.2) is 0 Å². The van der Waals surface area contributed by atoms with E-state index in [-0.39, 0.29) is 6.04 Å². The van der Waals surface area contributed by atoms with Crippen molar-refractivity contribution >= 4 is 21.4 Å². The van der Waals surface area contributed by atoms with Crippen LogP contribution in [0.1, 0.15) is 30.0 Å². The third kappa shape index (κ3) is 1.85. The number of furan rings is 1. The van der Waals surface area contributed by atoms with Gasteiger partial charge in [0.1, 0.15) is 11.5 Å². The van der Waals surface area contributed by atoms with E-state index in [9.17, 15) is 0 Å². The summed E-state index contributed by atoms with van der Waals surface area (Å²) in [7, 11) is 0. The first-order valence-electron chi connectivity index (χ1n) is 6.10. The van der Waals surface area contributed by atoms with Gasteiger partial charge in [-0.25, -0.2) is 0 Å². The fourth-order valence-electron chi connectivity index (χ4n) is 2.17. The normalized spacial score (nSPS) is 13.0. The van der Waals surface area contributed by atoms with E-state index < -0.39 is 0 Å². The summed E-state index contributed by atoms with van der Waals surface area (Å²) < 4.78 is 7.00. The van der Waals surface area contributed by atoms with E-state index in [1.54, 1.807) is 11.3 Å². The van der Waals surface area contributed by atoms with E-state index in [0.29, 0.717) is 0 Å². The van der Waals surface area contributed by atoms with Crippen molar-refractivity contribution in [2.75, 3.05) is 0 Å². The van der Waals surface area contributed by atoms with E-state index >= 15 is 0 Å². The predicted molar refractivity (Wildman–Crippen MR) is 75.9 cm³/mol. The topological polar surface area (TPSA) is 39.2 Å². The van der Waals surface area contributed by atoms with Crippen LogP contribution >= 0.6 is 11.3 Å². The lowest BCUT2D eigenvalue weighted by Gasteiger charge is -2.10. The molecule has 92 valence electrons. The Bertz CT molecular complexity index is 668. The lowest BCUT2D eigenvalue weighted by molar-refractivity contribution is 0.454. The van der Waals surface area contributed by atoms with E-state index in [2.05, 4.69) is 30.5 Å². The highest BCUT2D eigenvalue weighted by Gasteiger charge is 2.16. The van der Waals surface area contributed by atoms with E-state index in [0.717, 1.165) is 23.5 Å². The molecule has 3 rings (SSSR count). The number of aryl methyl sites for hydroxylation is 1. The molecule has 2 N–H and O–H groups in total. The summed E-state index contributed by atoms with van der Waals surface area (Å²) in [5, 5.41) is 3.34. The van der Waals surface area contributed by atoms with Crippen LogP contribution in [0.2, 0.25) is 0 Å². The molecular weight excluding hydrogens is 242 g/mol. The Kier molecular flexibility index (Phi) is 2.94. The molecule has 0 fully saturated rings. The molecule has 0 aliphatic carbocycles. The first-order valence-corrected chi connectivity index (χ1v) is 6.98. The third-order valence-corrected chi connectivity index (χ3v) is 4.16. The zero-order valence-electron chi connectivity index (χ0n) is 10.2. The van der Waals surface area contributed by atoms with Crippen molar-refractivity contribution in [2.24, 2.45) is 5.73 Å². The van der Waals surface area contributed by atoms with Gasteiger partial charge in [0, 0.05) is 11.1 Å². The van der Waals surface area contributed by atoms with Crippen LogP contribution in [0.3, 0.4) is 0 Å². The van der Waals surface area contributed by atoms with Gasteiger partial charge in [-0.2, -0.15) is 0 Å². The van der Waals surface area contributed by atoms with Crippen LogP contribution in [0.5, 0.6) is 0 Å². The molecule has 0 amide bonds. The fraction of sp³-hybridized carbons (Fsp3) is 0.200. The second kappa shape index (κ2) is 4.59. The molecule has 0 radical (unpaired) electrons. The van der Waals surface area contributed by atoms with Gasteiger partial charge in [-0.3, -0.25) is 0 Å². The van der Waals surface area contributed by atoms with Gasteiger partial charge < -0.3 is 10.2 Å². The van der Waals surface area contributed by atoms with Crippen LogP contribution in [-0.2, 0) is 6.42 Å². The van der Waals surface area contributed by atoms with Crippen LogP contribution in [0.15, 0.2) is 46.2 Å². The van der Waals surface area contributed by atoms with Crippen LogP contribution in [0.4, 0.5) is 0 Å². The highest BCUT2D eigenvalue weighted by Crippen LogP contribution is 2.31. The number of hydrogen-bond donors (Lipinski definition) is 1. The zero-order chi connectivity index (χ0) is 12.5. The maximum Gasteiger partial charge on any atom is 0.125 e. The van der Waals surface area contributed by atoms with Gasteiger partial charge in [-0.05, 0) is 34.5 Å². The Morgan fingerprint density at radius 1 is 1.22 bits per heavy atom. The van der Waals surface area contributed by atoms with Crippen molar-refractivity contribution in [3.63, 3.8) is 0 Å². The summed E-state index contributed by atoms with van der Waals surface area (Å²) in [5.74, 6) is 1.83. The van der Waals surface area contributed by atoms with Gasteiger partial charge in [-0.15, -0.1) is 11.3 Å². The average Bonchev–Trinajstić information content (AvgIpc) is 3.05. The summed E-state index contributed by atoms with van der Waals surface area (Å²) in [6, 6.07) is 12.2. The second-order valence-corrected chi connectivity index (χ2v) is 5.24. The number of thiophene rings is 1. The molecule has 0 spiro atoms. The third-order valence-electron chi connectivity index (χ3n) is 3.18. The van der Waals surface area contributed by atoms with Gasteiger partial charge in [0.05, 0.1) is 6.04 Å². The number of nitrogens with two attached hydrogens (primary N) is 1. The second-order valence-electron chi connectivity index (χ2n) is 4.32. The minimum Gasteiger partial charge on any atom is -0.464 e. The highest BCUT2D eigenvalue weighted by molar-refractivity contribution is 7.17. The van der Waals surface area contributed by atoms with Crippen molar-refractivity contribution < 1.29 is 4.42 Å². The molecule has 1 unspecified atom stereocenters. The first-order chi connectivity index (χ1) is 8.79. The summed E-state index contributed by atoms with van der Waals surface area (Å²) in [4.78, 5) is 0. The molecule has 0 bridgehead atoms. The summed E-state index contributed by atoms with van der Waals surface area (Å²) in [5.41, 5.74) is 7.46. The lowest BCUT2D eigenvalue weighted by atomic mass is 10.0. The van der Waals surface area contributed by atoms with Crippen LogP contribution in [-0.4, -0.2) is 0 Å².